The molecule has 320 valence electrons. The third kappa shape index (κ3) is 40.2. The van der Waals surface area contributed by atoms with Gasteiger partial charge in [0.25, 0.3) is 0 Å². The van der Waals surface area contributed by atoms with Crippen molar-refractivity contribution in [2.75, 3.05) is 19.8 Å². The van der Waals surface area contributed by atoms with Gasteiger partial charge in [-0.05, 0) is 51.4 Å². The molecule has 0 fully saturated rings. The van der Waals surface area contributed by atoms with Gasteiger partial charge >= 0.3 is 7.82 Å². The summed E-state index contributed by atoms with van der Waals surface area (Å²) in [6, 6.07) is -0.807. The van der Waals surface area contributed by atoms with E-state index < -0.39 is 20.0 Å². The van der Waals surface area contributed by atoms with Gasteiger partial charge in [0.2, 0.25) is 5.91 Å². The zero-order chi connectivity index (χ0) is 40.3. The predicted octanol–water partition coefficient (Wildman–Crippen LogP) is 12.7. The normalized spacial score (nSPS) is 14.6. The molecule has 0 heterocycles. The van der Waals surface area contributed by atoms with Crippen LogP contribution in [0.25, 0.3) is 0 Å². The molecule has 0 bridgehead atoms. The molecule has 55 heavy (non-hydrogen) atoms. The van der Waals surface area contributed by atoms with Gasteiger partial charge in [-0.15, -0.1) is 0 Å². The van der Waals surface area contributed by atoms with Gasteiger partial charge in [-0.3, -0.25) is 13.8 Å². The highest BCUT2D eigenvalue weighted by molar-refractivity contribution is 7.47. The van der Waals surface area contributed by atoms with Gasteiger partial charge in [-0.25, -0.2) is 4.57 Å². The second-order valence-electron chi connectivity index (χ2n) is 14.9. The van der Waals surface area contributed by atoms with Gasteiger partial charge < -0.3 is 21.1 Å². The van der Waals surface area contributed by atoms with Crippen LogP contribution in [0, 0.1) is 0 Å². The number of rotatable bonds is 41. The minimum atomic E-state index is -4.33. The molecule has 0 aromatic carbocycles. The smallest absolute Gasteiger partial charge is 0.391 e. The average molecular weight is 793 g/mol. The number of hydrogen-bond acceptors (Lipinski definition) is 6. The molecule has 1 amide bonds. The Morgan fingerprint density at radius 3 is 1.47 bits per heavy atom. The summed E-state index contributed by atoms with van der Waals surface area (Å²) < 4.78 is 22.2. The molecule has 0 radical (unpaired) electrons. The summed E-state index contributed by atoms with van der Waals surface area (Å²) in [4.78, 5) is 22.7. The Morgan fingerprint density at radius 2 is 1.04 bits per heavy atom. The Kier molecular flexibility index (Phi) is 40.5. The van der Waals surface area contributed by atoms with E-state index in [0.29, 0.717) is 12.8 Å². The van der Waals surface area contributed by atoms with Crippen molar-refractivity contribution in [3.05, 3.63) is 60.8 Å². The number of unbranched alkanes of at least 4 members (excludes halogenated alkanes) is 19. The number of carbonyl (C=O) groups excluding carboxylic acids is 1. The Balaban J connectivity index is 4.24. The fourth-order valence-electron chi connectivity index (χ4n) is 6.29. The zero-order valence-corrected chi connectivity index (χ0v) is 36.3. The Hall–Kier alpha value is -1.80. The van der Waals surface area contributed by atoms with Gasteiger partial charge in [-0.1, -0.05) is 197 Å². The lowest BCUT2D eigenvalue weighted by atomic mass is 10.0. The lowest BCUT2D eigenvalue weighted by molar-refractivity contribution is -0.123. The molecule has 0 aliphatic rings. The van der Waals surface area contributed by atoms with Crippen molar-refractivity contribution in [2.24, 2.45) is 5.73 Å². The van der Waals surface area contributed by atoms with E-state index in [-0.39, 0.29) is 32.1 Å². The van der Waals surface area contributed by atoms with E-state index in [0.717, 1.165) is 57.8 Å². The summed E-state index contributed by atoms with van der Waals surface area (Å²) in [6.45, 7) is 4.05. The molecule has 0 saturated carbocycles. The Labute approximate surface area is 338 Å². The second kappa shape index (κ2) is 41.8. The summed E-state index contributed by atoms with van der Waals surface area (Å²) in [5, 5.41) is 13.8. The third-order valence-electron chi connectivity index (χ3n) is 9.64. The third-order valence-corrected chi connectivity index (χ3v) is 10.6. The molecular formula is C46H85N2O6P. The van der Waals surface area contributed by atoms with Crippen LogP contribution in [-0.4, -0.2) is 47.8 Å². The van der Waals surface area contributed by atoms with Crippen LogP contribution in [0.15, 0.2) is 60.8 Å². The fraction of sp³-hybridized carbons (Fsp3) is 0.761. The van der Waals surface area contributed by atoms with Crippen molar-refractivity contribution in [3.8, 4) is 0 Å². The highest BCUT2D eigenvalue weighted by atomic mass is 31.2. The van der Waals surface area contributed by atoms with Gasteiger partial charge in [0.15, 0.2) is 0 Å². The van der Waals surface area contributed by atoms with E-state index in [1.165, 1.54) is 103 Å². The first-order valence-corrected chi connectivity index (χ1v) is 23.9. The number of phosphoric ester groups is 1. The van der Waals surface area contributed by atoms with Crippen LogP contribution in [0.3, 0.4) is 0 Å². The van der Waals surface area contributed by atoms with Crippen LogP contribution in [-0.2, 0) is 18.4 Å². The van der Waals surface area contributed by atoms with E-state index in [9.17, 15) is 19.4 Å². The maximum absolute atomic E-state index is 12.8. The molecule has 8 nitrogen and oxygen atoms in total. The van der Waals surface area contributed by atoms with Crippen LogP contribution in [0.5, 0.6) is 0 Å². The molecule has 0 saturated heterocycles. The number of carbonyl (C=O) groups is 1. The number of aliphatic hydroxyl groups is 1. The molecule has 0 rings (SSSR count). The summed E-state index contributed by atoms with van der Waals surface area (Å²) >= 11 is 0. The van der Waals surface area contributed by atoms with E-state index in [4.69, 9.17) is 14.8 Å². The highest BCUT2D eigenvalue weighted by Crippen LogP contribution is 2.43. The summed E-state index contributed by atoms with van der Waals surface area (Å²) in [7, 11) is -4.33. The molecular weight excluding hydrogens is 707 g/mol. The lowest BCUT2D eigenvalue weighted by Crippen LogP contribution is -2.46. The standard InChI is InChI=1S/C46H85N2O6P/c1-3-5-7-9-11-13-15-17-19-21-22-24-25-27-29-31-33-35-37-39-45(49)44(43-54-55(51,52)53-42-41-47)48-46(50)40-38-36-34-32-30-28-26-23-20-18-16-14-12-10-8-6-4-2/h6,8,12,14,18,20,26,28,32,34,44-45,49H,3-5,7,9-11,13,15-17,19,21-25,27,29-31,33,35-43,47H2,1-2H3,(H,48,50)(H,51,52)/b8-6-,14-12-,20-18-,28-26-,34-32-. The molecule has 0 aromatic heterocycles. The van der Waals surface area contributed by atoms with Crippen LogP contribution < -0.4 is 11.1 Å². The molecule has 0 aromatic rings. The number of nitrogens with two attached hydrogens (primary N) is 1. The van der Waals surface area contributed by atoms with E-state index in [1.54, 1.807) is 0 Å². The monoisotopic (exact) mass is 793 g/mol. The van der Waals surface area contributed by atoms with Gasteiger partial charge in [-0.2, -0.15) is 0 Å². The van der Waals surface area contributed by atoms with Crippen LogP contribution in [0.1, 0.15) is 194 Å². The van der Waals surface area contributed by atoms with Crippen LogP contribution in [0.2, 0.25) is 0 Å². The van der Waals surface area contributed by atoms with Crippen molar-refractivity contribution in [3.63, 3.8) is 0 Å². The van der Waals surface area contributed by atoms with E-state index >= 15 is 0 Å². The molecule has 0 aliphatic carbocycles. The molecule has 0 aliphatic heterocycles. The summed E-state index contributed by atoms with van der Waals surface area (Å²) in [6.07, 6.45) is 52.4. The van der Waals surface area contributed by atoms with E-state index in [1.807, 2.05) is 0 Å². The van der Waals surface area contributed by atoms with Crippen LogP contribution in [0.4, 0.5) is 0 Å². The Bertz CT molecular complexity index is 1040. The molecule has 9 heteroatoms. The SMILES string of the molecule is CC/C=C\C/C=C\C/C=C\C/C=C\C/C=C\CCCC(=O)NC(COP(=O)(O)OCCN)C(O)CCCCCCCCCCCCCCCCCCCCC. The summed E-state index contributed by atoms with van der Waals surface area (Å²) in [5.74, 6) is -0.219. The molecule has 3 atom stereocenters. The highest BCUT2D eigenvalue weighted by Gasteiger charge is 2.27. The van der Waals surface area contributed by atoms with Gasteiger partial charge in [0.05, 0.1) is 25.4 Å². The zero-order valence-electron chi connectivity index (χ0n) is 35.4. The quantitative estimate of drug-likeness (QED) is 0.0275. The predicted molar refractivity (Wildman–Crippen MR) is 235 cm³/mol. The Morgan fingerprint density at radius 1 is 0.618 bits per heavy atom. The largest absolute Gasteiger partial charge is 0.472 e. The molecule has 0 spiro atoms. The van der Waals surface area contributed by atoms with Crippen molar-refractivity contribution in [1.82, 2.24) is 5.32 Å². The first-order chi connectivity index (χ1) is 26.9. The first-order valence-electron chi connectivity index (χ1n) is 22.4. The van der Waals surface area contributed by atoms with Crippen molar-refractivity contribution < 1.29 is 28.4 Å². The van der Waals surface area contributed by atoms with Crippen molar-refractivity contribution >= 4 is 13.7 Å². The number of phosphoric acid groups is 1. The van der Waals surface area contributed by atoms with Crippen molar-refractivity contribution in [2.45, 2.75) is 206 Å². The number of aliphatic hydroxyl groups excluding tert-OH is 1. The van der Waals surface area contributed by atoms with Gasteiger partial charge in [0.1, 0.15) is 0 Å². The maximum Gasteiger partial charge on any atom is 0.472 e. The minimum Gasteiger partial charge on any atom is -0.391 e. The van der Waals surface area contributed by atoms with Gasteiger partial charge in [0, 0.05) is 13.0 Å². The van der Waals surface area contributed by atoms with Crippen molar-refractivity contribution in [1.29, 1.82) is 0 Å². The van der Waals surface area contributed by atoms with Crippen LogP contribution >= 0.6 is 7.82 Å². The maximum atomic E-state index is 12.8. The molecule has 5 N–H and O–H groups in total. The van der Waals surface area contributed by atoms with E-state index in [2.05, 4.69) is 79.9 Å². The minimum absolute atomic E-state index is 0.0774. The first kappa shape index (κ1) is 53.2. The fourth-order valence-corrected chi connectivity index (χ4v) is 7.05. The summed E-state index contributed by atoms with van der Waals surface area (Å²) in [5.41, 5.74) is 5.38. The lowest BCUT2D eigenvalue weighted by Gasteiger charge is -2.25. The topological polar surface area (TPSA) is 131 Å². The second-order valence-corrected chi connectivity index (χ2v) is 16.3. The number of nitrogens with one attached hydrogen (secondary N) is 1. The molecule has 3 unspecified atom stereocenters. The number of allylic oxidation sites excluding steroid dienone is 10. The average Bonchev–Trinajstić information content (AvgIpc) is 3.17. The number of amides is 1. The number of hydrogen-bond donors (Lipinski definition) is 4.